The fraction of sp³-hybridized carbons (Fsp3) is 0.467. The van der Waals surface area contributed by atoms with Crippen molar-refractivity contribution in [2.75, 3.05) is 13.6 Å². The highest BCUT2D eigenvalue weighted by Gasteiger charge is 2.42. The Labute approximate surface area is 145 Å². The molecule has 2 unspecified atom stereocenters. The van der Waals surface area contributed by atoms with Crippen molar-refractivity contribution in [3.63, 3.8) is 0 Å². The van der Waals surface area contributed by atoms with Crippen molar-refractivity contribution in [1.82, 2.24) is 10.2 Å². The highest BCUT2D eigenvalue weighted by molar-refractivity contribution is 5.76. The number of hydrogen-bond donors (Lipinski definition) is 2. The second-order valence-corrected chi connectivity index (χ2v) is 5.49. The molecule has 0 spiro atoms. The number of carbonyl (C=O) groups excluding carboxylic acids is 1. The van der Waals surface area contributed by atoms with Crippen molar-refractivity contribution in [2.45, 2.75) is 25.8 Å². The van der Waals surface area contributed by atoms with Crippen LogP contribution in [0.5, 0.6) is 5.75 Å². The molecule has 2 N–H and O–H groups in total. The Morgan fingerprint density at radius 2 is 1.77 bits per heavy atom. The van der Waals surface area contributed by atoms with Gasteiger partial charge in [0.2, 0.25) is 0 Å². The summed E-state index contributed by atoms with van der Waals surface area (Å²) in [5, 5.41) is 10.5. The maximum atomic E-state index is 13.3. The SMILES string of the molecule is CC(CN(C)C(=O)NC(c1ccc(OC(F)F)cc1)C(F)(F)F)C(=O)O. The van der Waals surface area contributed by atoms with Crippen LogP contribution in [-0.2, 0) is 4.79 Å². The van der Waals surface area contributed by atoms with Gasteiger partial charge in [-0.2, -0.15) is 22.0 Å². The normalized spacial score (nSPS) is 13.8. The molecule has 0 aliphatic rings. The average molecular weight is 384 g/mol. The van der Waals surface area contributed by atoms with E-state index in [9.17, 15) is 31.5 Å². The topological polar surface area (TPSA) is 78.9 Å². The number of rotatable bonds is 7. The van der Waals surface area contributed by atoms with Gasteiger partial charge >= 0.3 is 24.8 Å². The number of nitrogens with one attached hydrogen (secondary N) is 1. The number of alkyl halides is 5. The van der Waals surface area contributed by atoms with Crippen LogP contribution in [0.25, 0.3) is 0 Å². The molecule has 0 saturated heterocycles. The molecule has 146 valence electrons. The number of carboxylic acid groups (broad SMARTS) is 1. The van der Waals surface area contributed by atoms with E-state index in [0.717, 1.165) is 36.2 Å². The van der Waals surface area contributed by atoms with Crippen LogP contribution in [0, 0.1) is 5.92 Å². The van der Waals surface area contributed by atoms with Gasteiger partial charge in [-0.3, -0.25) is 4.79 Å². The molecule has 1 aromatic rings. The second-order valence-electron chi connectivity index (χ2n) is 5.49. The van der Waals surface area contributed by atoms with Crippen LogP contribution in [0.1, 0.15) is 18.5 Å². The zero-order valence-electron chi connectivity index (χ0n) is 13.8. The van der Waals surface area contributed by atoms with Crippen LogP contribution in [0.15, 0.2) is 24.3 Å². The zero-order valence-corrected chi connectivity index (χ0v) is 13.8. The third-order valence-corrected chi connectivity index (χ3v) is 3.35. The predicted molar refractivity (Wildman–Crippen MR) is 79.8 cm³/mol. The number of benzene rings is 1. The molecule has 0 aliphatic carbocycles. The Morgan fingerprint density at radius 3 is 2.19 bits per heavy atom. The standard InChI is InChI=1S/C15H17F5N2O4/c1-8(12(23)24)7-22(2)14(25)21-11(15(18,19)20)9-3-5-10(6-4-9)26-13(16)17/h3-6,8,11,13H,7H2,1-2H3,(H,21,25)(H,23,24). The molecular formula is C15H17F5N2O4. The summed E-state index contributed by atoms with van der Waals surface area (Å²) < 4.78 is 68.0. The Bertz CT molecular complexity index is 621. The van der Waals surface area contributed by atoms with E-state index in [0.29, 0.717) is 0 Å². The lowest BCUT2D eigenvalue weighted by molar-refractivity contribution is -0.155. The largest absolute Gasteiger partial charge is 0.481 e. The van der Waals surface area contributed by atoms with Gasteiger partial charge in [-0.1, -0.05) is 19.1 Å². The number of carboxylic acids is 1. The second kappa shape index (κ2) is 8.68. The number of aliphatic carboxylic acids is 1. The lowest BCUT2D eigenvalue weighted by Crippen LogP contribution is -2.46. The molecule has 0 saturated carbocycles. The first-order valence-electron chi connectivity index (χ1n) is 7.27. The number of ether oxygens (including phenoxy) is 1. The maximum absolute atomic E-state index is 13.3. The molecule has 0 aromatic heterocycles. The molecular weight excluding hydrogens is 367 g/mol. The molecule has 1 rings (SSSR count). The molecule has 2 atom stereocenters. The summed E-state index contributed by atoms with van der Waals surface area (Å²) in [6, 6.07) is 0.101. The predicted octanol–water partition coefficient (Wildman–Crippen LogP) is 3.25. The summed E-state index contributed by atoms with van der Waals surface area (Å²) >= 11 is 0. The molecule has 2 amide bonds. The van der Waals surface area contributed by atoms with Crippen LogP contribution in [0.3, 0.4) is 0 Å². The van der Waals surface area contributed by atoms with Crippen molar-refractivity contribution < 1.29 is 41.4 Å². The molecule has 11 heteroatoms. The summed E-state index contributed by atoms with van der Waals surface area (Å²) in [6.07, 6.45) is -4.86. The minimum atomic E-state index is -4.86. The van der Waals surface area contributed by atoms with Gasteiger partial charge in [-0.05, 0) is 17.7 Å². The number of carbonyl (C=O) groups is 2. The van der Waals surface area contributed by atoms with E-state index >= 15 is 0 Å². The van der Waals surface area contributed by atoms with E-state index in [-0.39, 0.29) is 12.3 Å². The minimum absolute atomic E-state index is 0.299. The van der Waals surface area contributed by atoms with Gasteiger partial charge in [0.05, 0.1) is 5.92 Å². The molecule has 0 heterocycles. The average Bonchev–Trinajstić information content (AvgIpc) is 2.51. The summed E-state index contributed by atoms with van der Waals surface area (Å²) in [5.41, 5.74) is -0.396. The molecule has 0 radical (unpaired) electrons. The lowest BCUT2D eigenvalue weighted by Gasteiger charge is -2.26. The van der Waals surface area contributed by atoms with Gasteiger partial charge in [-0.15, -0.1) is 0 Å². The van der Waals surface area contributed by atoms with Crippen molar-refractivity contribution >= 4 is 12.0 Å². The van der Waals surface area contributed by atoms with Crippen LogP contribution in [0.2, 0.25) is 0 Å². The van der Waals surface area contributed by atoms with Crippen molar-refractivity contribution in [3.8, 4) is 5.75 Å². The molecule has 26 heavy (non-hydrogen) atoms. The van der Waals surface area contributed by atoms with Gasteiger partial charge in [0.25, 0.3) is 0 Å². The fourth-order valence-electron chi connectivity index (χ4n) is 2.00. The summed E-state index contributed by atoms with van der Waals surface area (Å²) in [7, 11) is 1.15. The maximum Gasteiger partial charge on any atom is 0.412 e. The summed E-state index contributed by atoms with van der Waals surface area (Å²) in [4.78, 5) is 23.5. The van der Waals surface area contributed by atoms with E-state index in [4.69, 9.17) is 5.11 Å². The van der Waals surface area contributed by atoms with E-state index in [1.165, 1.54) is 6.92 Å². The van der Waals surface area contributed by atoms with Crippen LogP contribution in [-0.4, -0.2) is 48.4 Å². The zero-order chi connectivity index (χ0) is 20.1. The molecule has 0 aliphatic heterocycles. The van der Waals surface area contributed by atoms with Gasteiger partial charge in [0.15, 0.2) is 6.04 Å². The first-order valence-corrected chi connectivity index (χ1v) is 7.27. The van der Waals surface area contributed by atoms with Crippen LogP contribution in [0.4, 0.5) is 26.7 Å². The van der Waals surface area contributed by atoms with E-state index in [2.05, 4.69) is 4.74 Å². The molecule has 0 fully saturated rings. The van der Waals surface area contributed by atoms with Gasteiger partial charge < -0.3 is 20.1 Å². The smallest absolute Gasteiger partial charge is 0.412 e. The fourth-order valence-corrected chi connectivity index (χ4v) is 2.00. The van der Waals surface area contributed by atoms with Crippen LogP contribution < -0.4 is 10.1 Å². The van der Waals surface area contributed by atoms with Crippen LogP contribution >= 0.6 is 0 Å². The van der Waals surface area contributed by atoms with Gasteiger partial charge in [-0.25, -0.2) is 4.79 Å². The number of hydrogen-bond acceptors (Lipinski definition) is 3. The monoisotopic (exact) mass is 384 g/mol. The number of halogens is 5. The molecule has 0 bridgehead atoms. The van der Waals surface area contributed by atoms with Crippen molar-refractivity contribution in [2.24, 2.45) is 5.92 Å². The minimum Gasteiger partial charge on any atom is -0.481 e. The molecule has 6 nitrogen and oxygen atoms in total. The number of nitrogens with zero attached hydrogens (tertiary/aromatic N) is 1. The lowest BCUT2D eigenvalue weighted by atomic mass is 10.1. The van der Waals surface area contributed by atoms with Crippen molar-refractivity contribution in [3.05, 3.63) is 29.8 Å². The Morgan fingerprint density at radius 1 is 1.23 bits per heavy atom. The van der Waals surface area contributed by atoms with E-state index in [1.54, 1.807) is 5.32 Å². The Hall–Kier alpha value is -2.59. The third-order valence-electron chi connectivity index (χ3n) is 3.35. The Kier molecular flexibility index (Phi) is 7.16. The van der Waals surface area contributed by atoms with E-state index in [1.807, 2.05) is 0 Å². The molecule has 1 aromatic carbocycles. The highest BCUT2D eigenvalue weighted by atomic mass is 19.4. The van der Waals surface area contributed by atoms with Crippen molar-refractivity contribution in [1.29, 1.82) is 0 Å². The number of amides is 2. The Balaban J connectivity index is 2.91. The summed E-state index contributed by atoms with van der Waals surface area (Å²) in [5.74, 6) is -2.50. The number of urea groups is 1. The van der Waals surface area contributed by atoms with Gasteiger partial charge in [0, 0.05) is 13.6 Å². The van der Waals surface area contributed by atoms with Gasteiger partial charge in [0.1, 0.15) is 5.75 Å². The third kappa shape index (κ3) is 6.37. The quantitative estimate of drug-likeness (QED) is 0.708. The summed E-state index contributed by atoms with van der Waals surface area (Å²) in [6.45, 7) is -2.12. The first kappa shape index (κ1) is 21.5. The first-order chi connectivity index (χ1) is 11.9. The highest BCUT2D eigenvalue weighted by Crippen LogP contribution is 2.33. The van der Waals surface area contributed by atoms with E-state index < -0.39 is 42.3 Å².